The molecule has 0 aliphatic carbocycles. The summed E-state index contributed by atoms with van der Waals surface area (Å²) in [7, 11) is 0. The second-order valence-corrected chi connectivity index (χ2v) is 8.80. The summed E-state index contributed by atoms with van der Waals surface area (Å²) >= 11 is 2.51. The number of rotatable bonds is 17. The molecule has 2 nitrogen and oxygen atoms in total. The van der Waals surface area contributed by atoms with Crippen molar-refractivity contribution in [2.75, 3.05) is 20.0 Å². The van der Waals surface area contributed by atoms with Crippen LogP contribution in [-0.4, -0.2) is 23.9 Å². The molecule has 0 aromatic rings. The fourth-order valence-corrected chi connectivity index (χ4v) is 3.59. The Bertz CT molecular complexity index is 210. The lowest BCUT2D eigenvalue weighted by Gasteiger charge is -2.12. The molecule has 0 radical (unpaired) electrons. The van der Waals surface area contributed by atoms with Crippen molar-refractivity contribution in [2.24, 2.45) is 5.92 Å². The summed E-state index contributed by atoms with van der Waals surface area (Å²) in [6, 6.07) is 0. The van der Waals surface area contributed by atoms with Crippen LogP contribution in [0.15, 0.2) is 0 Å². The molecular formula is C19H39IO2. The van der Waals surface area contributed by atoms with Crippen molar-refractivity contribution in [3.05, 3.63) is 0 Å². The molecule has 0 amide bonds. The van der Waals surface area contributed by atoms with Crippen molar-refractivity contribution in [3.8, 4) is 0 Å². The van der Waals surface area contributed by atoms with Crippen LogP contribution in [0.4, 0.5) is 0 Å². The maximum absolute atomic E-state index is 5.54. The predicted molar refractivity (Wildman–Crippen MR) is 106 cm³/mol. The monoisotopic (exact) mass is 426 g/mol. The van der Waals surface area contributed by atoms with Gasteiger partial charge in [-0.05, 0) is 31.6 Å². The molecule has 0 N–H and O–H groups in total. The normalized spacial score (nSPS) is 14.2. The van der Waals surface area contributed by atoms with Gasteiger partial charge in [0.2, 0.25) is 0 Å². The maximum atomic E-state index is 5.54. The van der Waals surface area contributed by atoms with Gasteiger partial charge in [-0.1, -0.05) is 88.3 Å². The van der Waals surface area contributed by atoms with Crippen LogP contribution in [0.5, 0.6) is 0 Å². The lowest BCUT2D eigenvalue weighted by molar-refractivity contribution is -0.0560. The lowest BCUT2D eigenvalue weighted by Crippen LogP contribution is -2.06. The average Bonchev–Trinajstić information content (AvgIpc) is 2.47. The van der Waals surface area contributed by atoms with E-state index in [4.69, 9.17) is 9.47 Å². The fourth-order valence-electron chi connectivity index (χ4n) is 2.72. The van der Waals surface area contributed by atoms with Gasteiger partial charge in [-0.15, -0.1) is 0 Å². The van der Waals surface area contributed by atoms with Crippen LogP contribution in [0.25, 0.3) is 0 Å². The third kappa shape index (κ3) is 18.7. The Hall–Kier alpha value is 0.650. The first-order chi connectivity index (χ1) is 10.7. The van der Waals surface area contributed by atoms with Crippen LogP contribution in [0.1, 0.15) is 91.4 Å². The predicted octanol–water partition coefficient (Wildman–Crippen LogP) is 6.75. The Morgan fingerprint density at radius 3 is 1.91 bits per heavy atom. The number of halogens is 1. The maximum Gasteiger partial charge on any atom is 0.146 e. The van der Waals surface area contributed by atoms with Crippen LogP contribution >= 0.6 is 22.6 Å². The first kappa shape index (κ1) is 22.6. The third-order valence-electron chi connectivity index (χ3n) is 4.02. The van der Waals surface area contributed by atoms with Gasteiger partial charge in [0.1, 0.15) is 6.79 Å². The van der Waals surface area contributed by atoms with E-state index in [-0.39, 0.29) is 0 Å². The van der Waals surface area contributed by atoms with Gasteiger partial charge in [-0.25, -0.2) is 0 Å². The molecule has 0 aromatic heterocycles. The van der Waals surface area contributed by atoms with Crippen molar-refractivity contribution < 1.29 is 9.47 Å². The molecule has 2 unspecified atom stereocenters. The Morgan fingerprint density at radius 1 is 0.773 bits per heavy atom. The Kier molecular flexibility index (Phi) is 18.5. The van der Waals surface area contributed by atoms with Crippen LogP contribution < -0.4 is 0 Å². The quantitative estimate of drug-likeness (QED) is 0.111. The summed E-state index contributed by atoms with van der Waals surface area (Å²) in [5.74, 6) is 0.814. The summed E-state index contributed by atoms with van der Waals surface area (Å²) in [6.07, 6.45) is 14.5. The SMILES string of the molecule is CCCCCCCCCCOCOCCCC(C)CC(C)I. The summed E-state index contributed by atoms with van der Waals surface area (Å²) in [4.78, 5) is 0. The first-order valence-electron chi connectivity index (χ1n) is 9.46. The van der Waals surface area contributed by atoms with Crippen LogP contribution in [0, 0.1) is 5.92 Å². The molecule has 0 saturated carbocycles. The number of unbranched alkanes of at least 4 members (excludes halogenated alkanes) is 7. The van der Waals surface area contributed by atoms with Gasteiger partial charge in [-0.3, -0.25) is 0 Å². The van der Waals surface area contributed by atoms with Crippen LogP contribution in [0.2, 0.25) is 0 Å². The molecule has 0 saturated heterocycles. The van der Waals surface area contributed by atoms with E-state index in [1.165, 1.54) is 64.2 Å². The third-order valence-corrected chi connectivity index (χ3v) is 4.53. The van der Waals surface area contributed by atoms with E-state index in [1.54, 1.807) is 0 Å². The second-order valence-electron chi connectivity index (χ2n) is 6.67. The summed E-state index contributed by atoms with van der Waals surface area (Å²) < 4.78 is 11.8. The zero-order valence-corrected chi connectivity index (χ0v) is 17.4. The molecule has 22 heavy (non-hydrogen) atoms. The van der Waals surface area contributed by atoms with E-state index < -0.39 is 0 Å². The van der Waals surface area contributed by atoms with Gasteiger partial charge in [0.25, 0.3) is 0 Å². The van der Waals surface area contributed by atoms with Gasteiger partial charge in [0.15, 0.2) is 0 Å². The van der Waals surface area contributed by atoms with Crippen molar-refractivity contribution >= 4 is 22.6 Å². The summed E-state index contributed by atoms with van der Waals surface area (Å²) in [6.45, 7) is 9.08. The van der Waals surface area contributed by atoms with E-state index in [0.717, 1.165) is 29.5 Å². The van der Waals surface area contributed by atoms with Crippen LogP contribution in [-0.2, 0) is 9.47 Å². The number of hydrogen-bond acceptors (Lipinski definition) is 2. The van der Waals surface area contributed by atoms with E-state index >= 15 is 0 Å². The summed E-state index contributed by atoms with van der Waals surface area (Å²) in [5, 5.41) is 0. The molecule has 3 heteroatoms. The van der Waals surface area contributed by atoms with Crippen molar-refractivity contribution in [1.82, 2.24) is 0 Å². The molecule has 0 bridgehead atoms. The standard InChI is InChI=1S/C19H39IO2/c1-4-5-6-7-8-9-10-11-14-21-17-22-15-12-13-18(2)16-19(3)20/h18-19H,4-17H2,1-3H3. The highest BCUT2D eigenvalue weighted by Crippen LogP contribution is 2.17. The molecule has 0 rings (SSSR count). The van der Waals surface area contributed by atoms with Gasteiger partial charge in [-0.2, -0.15) is 0 Å². The van der Waals surface area contributed by atoms with E-state index in [1.807, 2.05) is 0 Å². The number of ether oxygens (including phenoxy) is 2. The summed E-state index contributed by atoms with van der Waals surface area (Å²) in [5.41, 5.74) is 0. The Morgan fingerprint density at radius 2 is 1.32 bits per heavy atom. The Balaban J connectivity index is 3.05. The molecule has 0 spiro atoms. The van der Waals surface area contributed by atoms with E-state index in [2.05, 4.69) is 43.4 Å². The van der Waals surface area contributed by atoms with Crippen LogP contribution in [0.3, 0.4) is 0 Å². The van der Waals surface area contributed by atoms with E-state index in [0.29, 0.717) is 6.79 Å². The zero-order chi connectivity index (χ0) is 16.5. The fraction of sp³-hybridized carbons (Fsp3) is 1.00. The number of hydrogen-bond donors (Lipinski definition) is 0. The molecular weight excluding hydrogens is 387 g/mol. The average molecular weight is 426 g/mol. The highest BCUT2D eigenvalue weighted by Gasteiger charge is 2.05. The van der Waals surface area contributed by atoms with Gasteiger partial charge >= 0.3 is 0 Å². The lowest BCUT2D eigenvalue weighted by atomic mass is 10.0. The molecule has 0 aromatic carbocycles. The second kappa shape index (κ2) is 18.0. The minimum atomic E-state index is 0.480. The molecule has 0 fully saturated rings. The Labute approximate surface area is 153 Å². The zero-order valence-electron chi connectivity index (χ0n) is 15.2. The highest BCUT2D eigenvalue weighted by molar-refractivity contribution is 14.1. The smallest absolute Gasteiger partial charge is 0.146 e. The van der Waals surface area contributed by atoms with Crippen molar-refractivity contribution in [2.45, 2.75) is 95.3 Å². The molecule has 134 valence electrons. The topological polar surface area (TPSA) is 18.5 Å². The molecule has 0 aliphatic heterocycles. The number of alkyl halides is 1. The van der Waals surface area contributed by atoms with Gasteiger partial charge in [0.05, 0.1) is 0 Å². The van der Waals surface area contributed by atoms with E-state index in [9.17, 15) is 0 Å². The van der Waals surface area contributed by atoms with Crippen molar-refractivity contribution in [3.63, 3.8) is 0 Å². The minimum Gasteiger partial charge on any atom is -0.355 e. The molecule has 2 atom stereocenters. The highest BCUT2D eigenvalue weighted by atomic mass is 127. The van der Waals surface area contributed by atoms with Gasteiger partial charge in [0, 0.05) is 17.1 Å². The molecule has 0 heterocycles. The minimum absolute atomic E-state index is 0.480. The molecule has 0 aliphatic rings. The van der Waals surface area contributed by atoms with Crippen molar-refractivity contribution in [1.29, 1.82) is 0 Å². The largest absolute Gasteiger partial charge is 0.355 e. The van der Waals surface area contributed by atoms with Gasteiger partial charge < -0.3 is 9.47 Å². The first-order valence-corrected chi connectivity index (χ1v) is 10.7.